The molecule has 0 bridgehead atoms. The van der Waals surface area contributed by atoms with Crippen molar-refractivity contribution in [2.45, 2.75) is 64.2 Å². The van der Waals surface area contributed by atoms with E-state index in [1.54, 1.807) is 7.11 Å². The summed E-state index contributed by atoms with van der Waals surface area (Å²) >= 11 is 0. The Morgan fingerprint density at radius 3 is 2.75 bits per heavy atom. The molecule has 1 N–H and O–H groups in total. The van der Waals surface area contributed by atoms with E-state index in [2.05, 4.69) is 17.1 Å². The van der Waals surface area contributed by atoms with Crippen molar-refractivity contribution < 1.29 is 14.3 Å². The number of anilines is 1. The number of hydrogen-bond donors (Lipinski definition) is 1. The van der Waals surface area contributed by atoms with Crippen molar-refractivity contribution in [3.05, 3.63) is 17.1 Å². The lowest BCUT2D eigenvalue weighted by molar-refractivity contribution is -0.122. The number of fused-ring (bicyclic) bond motifs is 1. The van der Waals surface area contributed by atoms with Crippen molar-refractivity contribution in [3.63, 3.8) is 0 Å². The molecular weight excluding hydrogens is 406 g/mol. The minimum absolute atomic E-state index is 0.0227. The van der Waals surface area contributed by atoms with Gasteiger partial charge in [0.1, 0.15) is 11.6 Å². The largest absolute Gasteiger partial charge is 0.383 e. The summed E-state index contributed by atoms with van der Waals surface area (Å²) in [5.41, 5.74) is 2.14. The van der Waals surface area contributed by atoms with E-state index in [0.717, 1.165) is 55.4 Å². The van der Waals surface area contributed by atoms with Crippen LogP contribution in [0.2, 0.25) is 0 Å². The zero-order chi connectivity index (χ0) is 22.5. The van der Waals surface area contributed by atoms with E-state index < -0.39 is 0 Å². The Bertz CT molecular complexity index is 824. The number of carbonyl (C=O) groups is 2. The predicted molar refractivity (Wildman–Crippen MR) is 123 cm³/mol. The van der Waals surface area contributed by atoms with Gasteiger partial charge in [0.2, 0.25) is 11.8 Å². The first-order valence-corrected chi connectivity index (χ1v) is 12.2. The Hall–Kier alpha value is -2.06. The van der Waals surface area contributed by atoms with Crippen LogP contribution in [0.15, 0.2) is 0 Å². The van der Waals surface area contributed by atoms with Crippen molar-refractivity contribution >= 4 is 17.6 Å². The molecule has 8 nitrogen and oxygen atoms in total. The summed E-state index contributed by atoms with van der Waals surface area (Å²) in [6.45, 7) is 5.90. The molecule has 1 aromatic heterocycles. The van der Waals surface area contributed by atoms with Crippen LogP contribution in [0.4, 0.5) is 5.82 Å². The number of nitrogens with zero attached hydrogens (tertiary/aromatic N) is 4. The molecule has 0 radical (unpaired) electrons. The lowest BCUT2D eigenvalue weighted by Gasteiger charge is -2.33. The second-order valence-electron chi connectivity index (χ2n) is 9.54. The molecule has 0 unspecified atom stereocenters. The summed E-state index contributed by atoms with van der Waals surface area (Å²) in [6.07, 6.45) is 8.49. The summed E-state index contributed by atoms with van der Waals surface area (Å²) in [7, 11) is 1.63. The van der Waals surface area contributed by atoms with Gasteiger partial charge in [-0.2, -0.15) is 0 Å². The second kappa shape index (κ2) is 10.7. The van der Waals surface area contributed by atoms with Crippen LogP contribution in [0.3, 0.4) is 0 Å². The van der Waals surface area contributed by atoms with Gasteiger partial charge in [0.25, 0.3) is 0 Å². The maximum Gasteiger partial charge on any atom is 0.234 e. The number of carbonyl (C=O) groups excluding carboxylic acids is 2. The van der Waals surface area contributed by atoms with Crippen LogP contribution in [0.25, 0.3) is 0 Å². The number of aryl methyl sites for hydroxylation is 1. The van der Waals surface area contributed by atoms with Gasteiger partial charge >= 0.3 is 0 Å². The molecule has 1 saturated carbocycles. The van der Waals surface area contributed by atoms with Gasteiger partial charge in [-0.05, 0) is 45.1 Å². The van der Waals surface area contributed by atoms with E-state index in [9.17, 15) is 9.59 Å². The van der Waals surface area contributed by atoms with Crippen LogP contribution in [0, 0.1) is 12.8 Å². The van der Waals surface area contributed by atoms with Crippen LogP contribution in [0.5, 0.6) is 0 Å². The van der Waals surface area contributed by atoms with E-state index in [0.29, 0.717) is 32.0 Å². The summed E-state index contributed by atoms with van der Waals surface area (Å²) in [5.74, 6) is 2.68. The molecule has 1 atom stereocenters. The normalized spacial score (nSPS) is 22.2. The molecule has 176 valence electrons. The minimum Gasteiger partial charge on any atom is -0.383 e. The number of likely N-dealkylation sites (tertiary alicyclic amines) is 1. The van der Waals surface area contributed by atoms with Crippen LogP contribution in [0.1, 0.15) is 67.9 Å². The number of hydrogen-bond acceptors (Lipinski definition) is 6. The van der Waals surface area contributed by atoms with Crippen LogP contribution < -0.4 is 10.2 Å². The van der Waals surface area contributed by atoms with Crippen LogP contribution >= 0.6 is 0 Å². The predicted octanol–water partition coefficient (Wildman–Crippen LogP) is 2.20. The molecule has 2 amide bonds. The molecule has 3 heterocycles. The molecule has 0 spiro atoms. The molecule has 8 heteroatoms. The highest BCUT2D eigenvalue weighted by molar-refractivity contribution is 5.95. The van der Waals surface area contributed by atoms with Gasteiger partial charge in [-0.25, -0.2) is 9.97 Å². The molecule has 0 aromatic carbocycles. The maximum absolute atomic E-state index is 12.9. The third kappa shape index (κ3) is 5.46. The molecular formula is C24H37N5O3. The molecule has 2 aliphatic heterocycles. The quantitative estimate of drug-likeness (QED) is 0.620. The van der Waals surface area contributed by atoms with Crippen molar-refractivity contribution in [1.29, 1.82) is 0 Å². The van der Waals surface area contributed by atoms with Gasteiger partial charge < -0.3 is 10.1 Å². The first kappa shape index (κ1) is 23.1. The lowest BCUT2D eigenvalue weighted by Crippen LogP contribution is -2.40. The topological polar surface area (TPSA) is 87.7 Å². The summed E-state index contributed by atoms with van der Waals surface area (Å²) < 4.78 is 4.98. The Kier molecular flexibility index (Phi) is 7.73. The second-order valence-corrected chi connectivity index (χ2v) is 9.54. The van der Waals surface area contributed by atoms with Gasteiger partial charge in [-0.15, -0.1) is 0 Å². The number of aromatic nitrogens is 2. The Morgan fingerprint density at radius 2 is 1.97 bits per heavy atom. The Morgan fingerprint density at radius 1 is 1.16 bits per heavy atom. The molecule has 1 aliphatic carbocycles. The molecule has 32 heavy (non-hydrogen) atoms. The highest BCUT2D eigenvalue weighted by Gasteiger charge is 2.33. The van der Waals surface area contributed by atoms with Crippen molar-refractivity contribution in [2.24, 2.45) is 5.92 Å². The highest BCUT2D eigenvalue weighted by atomic mass is 16.5. The first-order chi connectivity index (χ1) is 15.5. The van der Waals surface area contributed by atoms with Crippen molar-refractivity contribution in [2.75, 3.05) is 51.3 Å². The summed E-state index contributed by atoms with van der Waals surface area (Å²) in [4.78, 5) is 39.0. The average molecular weight is 444 g/mol. The molecule has 1 saturated heterocycles. The summed E-state index contributed by atoms with van der Waals surface area (Å²) in [5, 5.41) is 2.88. The smallest absolute Gasteiger partial charge is 0.234 e. The third-order valence-electron chi connectivity index (χ3n) is 7.15. The number of rotatable bonds is 8. The van der Waals surface area contributed by atoms with E-state index in [1.165, 1.54) is 32.1 Å². The van der Waals surface area contributed by atoms with E-state index in [1.807, 2.05) is 4.90 Å². The summed E-state index contributed by atoms with van der Waals surface area (Å²) in [6, 6.07) is 0. The average Bonchev–Trinajstić information content (AvgIpc) is 3.25. The Balaban J connectivity index is 1.45. The minimum atomic E-state index is 0.0227. The van der Waals surface area contributed by atoms with Gasteiger partial charge in [-0.3, -0.25) is 19.4 Å². The van der Waals surface area contributed by atoms with E-state index in [4.69, 9.17) is 14.7 Å². The van der Waals surface area contributed by atoms with Crippen molar-refractivity contribution in [3.8, 4) is 0 Å². The van der Waals surface area contributed by atoms with E-state index in [-0.39, 0.29) is 17.7 Å². The lowest BCUT2D eigenvalue weighted by atomic mass is 9.88. The fourth-order valence-electron chi connectivity index (χ4n) is 5.34. The zero-order valence-electron chi connectivity index (χ0n) is 19.6. The number of nitrogens with one attached hydrogen (secondary N) is 1. The highest BCUT2D eigenvalue weighted by Crippen LogP contribution is 2.34. The SMILES string of the molecule is COCCNC(=O)CN1CC[C@@H](c2nc(C)c3c(n2)N(CC2CCCCC2)C(=O)CC3)C1. The monoisotopic (exact) mass is 443 g/mol. The molecule has 4 rings (SSSR count). The molecule has 2 fully saturated rings. The van der Waals surface area contributed by atoms with Gasteiger partial charge in [-0.1, -0.05) is 19.3 Å². The Labute approximate surface area is 191 Å². The number of ether oxygens (including phenoxy) is 1. The van der Waals surface area contributed by atoms with Gasteiger partial charge in [0.05, 0.1) is 13.2 Å². The van der Waals surface area contributed by atoms with Crippen LogP contribution in [-0.4, -0.2) is 73.1 Å². The van der Waals surface area contributed by atoms with Crippen LogP contribution in [-0.2, 0) is 20.7 Å². The molecule has 3 aliphatic rings. The van der Waals surface area contributed by atoms with E-state index >= 15 is 0 Å². The standard InChI is InChI=1S/C24H37N5O3/c1-17-20-8-9-22(31)29(14-18-6-4-3-5-7-18)24(20)27-23(26-17)19-10-12-28(15-19)16-21(30)25-11-13-32-2/h18-19H,3-16H2,1-2H3,(H,25,30)/t19-/m1/s1. The number of methoxy groups -OCH3 is 1. The van der Waals surface area contributed by atoms with Gasteiger partial charge in [0, 0.05) is 50.3 Å². The third-order valence-corrected chi connectivity index (χ3v) is 7.15. The first-order valence-electron chi connectivity index (χ1n) is 12.2. The zero-order valence-corrected chi connectivity index (χ0v) is 19.6. The van der Waals surface area contributed by atoms with Gasteiger partial charge in [0.15, 0.2) is 0 Å². The number of amides is 2. The fourth-order valence-corrected chi connectivity index (χ4v) is 5.34. The van der Waals surface area contributed by atoms with Crippen molar-refractivity contribution in [1.82, 2.24) is 20.2 Å². The molecule has 1 aromatic rings. The maximum atomic E-state index is 12.9. The fraction of sp³-hybridized carbons (Fsp3) is 0.750.